The van der Waals surface area contributed by atoms with Gasteiger partial charge in [-0.05, 0) is 13.0 Å². The van der Waals surface area contributed by atoms with E-state index < -0.39 is 27.8 Å². The van der Waals surface area contributed by atoms with E-state index in [2.05, 4.69) is 6.92 Å². The zero-order valence-electron chi connectivity index (χ0n) is 14.2. The van der Waals surface area contributed by atoms with Crippen LogP contribution in [0.4, 0.5) is 0 Å². The van der Waals surface area contributed by atoms with Crippen molar-refractivity contribution in [2.75, 3.05) is 19.1 Å². The van der Waals surface area contributed by atoms with Crippen LogP contribution >= 0.6 is 15.2 Å². The van der Waals surface area contributed by atoms with E-state index in [0.717, 1.165) is 37.0 Å². The molecule has 1 atom stereocenters. The zero-order valence-corrected chi connectivity index (χ0v) is 22.0. The maximum Gasteiger partial charge on any atom is 1.00 e. The standard InChI is InChI=1S/C10H25NO6P2.3Na/c1-2-3-4-5-6-7-8-11(9-18(12,13)14)10-19(15,16)17;;;/h2-10H2,1H3,(H2,12,13,14)(H2,15,16,17);;;/q;3*+1/p-3. The van der Waals surface area contributed by atoms with Gasteiger partial charge in [0.25, 0.3) is 0 Å². The molecular formula is C10H22NNa3O6P2. The third-order valence-corrected chi connectivity index (χ3v) is 4.08. The van der Waals surface area contributed by atoms with Crippen molar-refractivity contribution in [1.82, 2.24) is 4.90 Å². The maximum atomic E-state index is 10.7. The van der Waals surface area contributed by atoms with Gasteiger partial charge in [-0.15, -0.1) is 0 Å². The molecule has 116 valence electrons. The maximum absolute atomic E-state index is 10.7. The Morgan fingerprint density at radius 3 is 1.73 bits per heavy atom. The van der Waals surface area contributed by atoms with Crippen molar-refractivity contribution in [3.63, 3.8) is 0 Å². The summed E-state index contributed by atoms with van der Waals surface area (Å²) >= 11 is 0. The third kappa shape index (κ3) is 25.5. The molecule has 0 heterocycles. The average Bonchev–Trinajstić information content (AvgIpc) is 2.18. The molecule has 0 fully saturated rings. The van der Waals surface area contributed by atoms with Crippen LogP contribution in [0.3, 0.4) is 0 Å². The first-order valence-electron chi connectivity index (χ1n) is 6.40. The molecule has 0 saturated heterocycles. The van der Waals surface area contributed by atoms with Crippen molar-refractivity contribution in [3.8, 4) is 0 Å². The fraction of sp³-hybridized carbons (Fsp3) is 1.00. The molecule has 0 aromatic carbocycles. The molecule has 12 heteroatoms. The van der Waals surface area contributed by atoms with E-state index in [1.54, 1.807) is 0 Å². The number of unbranched alkanes of at least 4 members (excludes halogenated alkanes) is 5. The van der Waals surface area contributed by atoms with Crippen LogP contribution in [-0.2, 0) is 9.13 Å². The summed E-state index contributed by atoms with van der Waals surface area (Å²) in [7, 11) is -9.42. The van der Waals surface area contributed by atoms with Crippen LogP contribution in [0, 0.1) is 0 Å². The van der Waals surface area contributed by atoms with E-state index in [1.807, 2.05) is 0 Å². The smallest absolute Gasteiger partial charge is 0.810 e. The molecule has 0 bridgehead atoms. The molecule has 1 N–H and O–H groups in total. The topological polar surface area (TPSA) is 127 Å². The van der Waals surface area contributed by atoms with Gasteiger partial charge in [0.05, 0.1) is 6.29 Å². The minimum absolute atomic E-state index is 0. The summed E-state index contributed by atoms with van der Waals surface area (Å²) < 4.78 is 21.4. The predicted molar refractivity (Wildman–Crippen MR) is 67.2 cm³/mol. The minimum Gasteiger partial charge on any atom is -0.810 e. The Bertz CT molecular complexity index is 315. The quantitative estimate of drug-likeness (QED) is 0.213. The molecule has 0 aliphatic carbocycles. The Morgan fingerprint density at radius 2 is 1.32 bits per heavy atom. The Morgan fingerprint density at radius 1 is 0.864 bits per heavy atom. The number of hydrogen-bond acceptors (Lipinski definition) is 6. The SMILES string of the molecule is CCCCCCCCN(CP(=O)([O-])[O-])CP(=O)([O-])O.[Na+].[Na+].[Na+]. The minimum atomic E-state index is -4.82. The summed E-state index contributed by atoms with van der Waals surface area (Å²) in [4.78, 5) is 41.8. The number of hydrogen-bond donors (Lipinski definition) is 1. The van der Waals surface area contributed by atoms with Gasteiger partial charge < -0.3 is 28.7 Å². The van der Waals surface area contributed by atoms with E-state index >= 15 is 0 Å². The number of nitrogens with zero attached hydrogens (tertiary/aromatic N) is 1. The van der Waals surface area contributed by atoms with E-state index in [9.17, 15) is 23.8 Å². The van der Waals surface area contributed by atoms with Gasteiger partial charge in [0, 0.05) is 6.29 Å². The van der Waals surface area contributed by atoms with Gasteiger partial charge in [-0.25, -0.2) is 0 Å². The Balaban J connectivity index is -0.000000540. The Hall–Kier alpha value is 3.26. The summed E-state index contributed by atoms with van der Waals surface area (Å²) in [5.74, 6) is 0. The number of rotatable bonds is 11. The fourth-order valence-electron chi connectivity index (χ4n) is 1.80. The van der Waals surface area contributed by atoms with Crippen LogP contribution in [0.25, 0.3) is 0 Å². The van der Waals surface area contributed by atoms with Gasteiger partial charge in [0.1, 0.15) is 7.60 Å². The second-order valence-corrected chi connectivity index (χ2v) is 7.76. The van der Waals surface area contributed by atoms with Gasteiger partial charge in [-0.2, -0.15) is 0 Å². The second-order valence-electron chi connectivity index (χ2n) is 4.69. The van der Waals surface area contributed by atoms with Crippen molar-refractivity contribution in [3.05, 3.63) is 0 Å². The average molecular weight is 383 g/mol. The Labute approximate surface area is 199 Å². The largest absolute Gasteiger partial charge is 1.00 e. The van der Waals surface area contributed by atoms with Crippen molar-refractivity contribution in [2.24, 2.45) is 0 Å². The molecule has 1 unspecified atom stereocenters. The van der Waals surface area contributed by atoms with E-state index in [-0.39, 0.29) is 95.2 Å². The van der Waals surface area contributed by atoms with Crippen molar-refractivity contribution in [1.29, 1.82) is 0 Å². The molecule has 0 aromatic rings. The van der Waals surface area contributed by atoms with E-state index in [1.165, 1.54) is 0 Å². The first kappa shape index (κ1) is 32.9. The molecular weight excluding hydrogens is 361 g/mol. The van der Waals surface area contributed by atoms with Crippen LogP contribution in [0.5, 0.6) is 0 Å². The summed E-state index contributed by atoms with van der Waals surface area (Å²) in [6.45, 7) is 2.27. The molecule has 0 rings (SSSR count). The summed E-state index contributed by atoms with van der Waals surface area (Å²) in [5.41, 5.74) is 0. The second kappa shape index (κ2) is 17.7. The van der Waals surface area contributed by atoms with Gasteiger partial charge in [-0.1, -0.05) is 46.6 Å². The van der Waals surface area contributed by atoms with E-state index in [4.69, 9.17) is 4.89 Å². The van der Waals surface area contributed by atoms with Crippen molar-refractivity contribution >= 4 is 15.2 Å². The summed E-state index contributed by atoms with van der Waals surface area (Å²) in [6, 6.07) is 0. The van der Waals surface area contributed by atoms with Gasteiger partial charge in [0.2, 0.25) is 0 Å². The van der Waals surface area contributed by atoms with Crippen LogP contribution < -0.4 is 103 Å². The summed E-state index contributed by atoms with van der Waals surface area (Å²) in [5, 5.41) is 0. The zero-order chi connectivity index (χ0) is 14.9. The van der Waals surface area contributed by atoms with Crippen LogP contribution in [0.2, 0.25) is 0 Å². The third-order valence-electron chi connectivity index (χ3n) is 2.58. The monoisotopic (exact) mass is 383 g/mol. The molecule has 0 radical (unpaired) electrons. The molecule has 0 saturated carbocycles. The molecule has 0 aliphatic rings. The fourth-order valence-corrected chi connectivity index (χ4v) is 3.44. The van der Waals surface area contributed by atoms with Gasteiger partial charge in [-0.3, -0.25) is 4.90 Å². The van der Waals surface area contributed by atoms with Crippen molar-refractivity contribution < 1.29 is 117 Å². The Kier molecular flexibility index (Phi) is 26.4. The van der Waals surface area contributed by atoms with Crippen molar-refractivity contribution in [2.45, 2.75) is 45.4 Å². The van der Waals surface area contributed by atoms with Crippen LogP contribution in [0.1, 0.15) is 45.4 Å². The summed E-state index contributed by atoms with van der Waals surface area (Å²) in [6.07, 6.45) is 4.10. The van der Waals surface area contributed by atoms with E-state index in [0.29, 0.717) is 6.42 Å². The molecule has 0 aliphatic heterocycles. The molecule has 0 spiro atoms. The molecule has 7 nitrogen and oxygen atoms in total. The molecule has 0 aromatic heterocycles. The van der Waals surface area contributed by atoms with Gasteiger partial charge >= 0.3 is 88.7 Å². The van der Waals surface area contributed by atoms with Crippen LogP contribution in [0.15, 0.2) is 0 Å². The van der Waals surface area contributed by atoms with Crippen LogP contribution in [-0.4, -0.2) is 28.9 Å². The predicted octanol–water partition coefficient (Wildman–Crippen LogP) is -8.96. The van der Waals surface area contributed by atoms with Gasteiger partial charge in [0.15, 0.2) is 0 Å². The molecule has 0 amide bonds. The first-order valence-corrected chi connectivity index (χ1v) is 9.89. The first-order chi connectivity index (χ1) is 8.64. The normalized spacial score (nSPS) is 13.5. The molecule has 22 heavy (non-hydrogen) atoms.